The molecule has 0 fully saturated rings. The molecule has 0 aliphatic rings. The van der Waals surface area contributed by atoms with Gasteiger partial charge >= 0.3 is 11.9 Å². The second kappa shape index (κ2) is 2.72. The largest absolute Gasteiger partial charge is 0.480 e. The van der Waals surface area contributed by atoms with Crippen molar-refractivity contribution in [2.75, 3.05) is 0 Å². The van der Waals surface area contributed by atoms with Crippen LogP contribution < -0.4 is 0 Å². The van der Waals surface area contributed by atoms with Crippen molar-refractivity contribution in [1.82, 2.24) is 0 Å². The molecule has 48 valence electrons. The predicted octanol–water partition coefficient (Wildman–Crippen LogP) is -0.595. The monoisotopic (exact) mass is 128 g/mol. The number of carbonyl (C=O) groups is 2. The molecule has 0 atom stereocenters. The maximum Gasteiger partial charge on any atom is 0.330 e. The molecule has 0 radical (unpaired) electrons. The number of hydrogen-bond acceptors (Lipinski definition) is 2. The van der Waals surface area contributed by atoms with Crippen molar-refractivity contribution in [3.63, 3.8) is 0 Å². The SMILES string of the molecule is C#CC(C(=O)O)C(=O)O. The fraction of sp³-hybridized carbons (Fsp3) is 0.200. The minimum Gasteiger partial charge on any atom is -0.480 e. The summed E-state index contributed by atoms with van der Waals surface area (Å²) < 4.78 is 0. The number of carboxylic acids is 2. The van der Waals surface area contributed by atoms with Gasteiger partial charge in [0.1, 0.15) is 0 Å². The van der Waals surface area contributed by atoms with E-state index in [9.17, 15) is 9.59 Å². The quantitative estimate of drug-likeness (QED) is 0.385. The molecule has 0 aliphatic heterocycles. The molecule has 0 bridgehead atoms. The minimum atomic E-state index is -1.72. The molecular formula is C5H4O4. The standard InChI is InChI=1S/C5H4O4/c1-2-3(4(6)7)5(8)9/h1,3H,(H,6,7)(H,8,9). The second-order valence-electron chi connectivity index (χ2n) is 1.28. The van der Waals surface area contributed by atoms with Crippen molar-refractivity contribution >= 4 is 11.9 Å². The Morgan fingerprint density at radius 1 is 1.33 bits per heavy atom. The second-order valence-corrected chi connectivity index (χ2v) is 1.28. The predicted molar refractivity (Wildman–Crippen MR) is 27.6 cm³/mol. The normalized spacial score (nSPS) is 8.44. The van der Waals surface area contributed by atoms with Gasteiger partial charge in [-0.05, 0) is 0 Å². The van der Waals surface area contributed by atoms with Crippen LogP contribution in [-0.4, -0.2) is 22.2 Å². The van der Waals surface area contributed by atoms with Crippen LogP contribution in [0.4, 0.5) is 0 Å². The third-order valence-electron chi connectivity index (χ3n) is 0.661. The van der Waals surface area contributed by atoms with Crippen LogP contribution in [0.1, 0.15) is 0 Å². The number of terminal acetylenes is 1. The van der Waals surface area contributed by atoms with E-state index in [0.717, 1.165) is 0 Å². The molecule has 0 aromatic carbocycles. The Hall–Kier alpha value is -1.50. The van der Waals surface area contributed by atoms with Gasteiger partial charge in [0, 0.05) is 0 Å². The van der Waals surface area contributed by atoms with Crippen LogP contribution in [-0.2, 0) is 9.59 Å². The van der Waals surface area contributed by atoms with Gasteiger partial charge in [0.05, 0.1) is 0 Å². The Morgan fingerprint density at radius 2 is 1.67 bits per heavy atom. The third-order valence-corrected chi connectivity index (χ3v) is 0.661. The van der Waals surface area contributed by atoms with Gasteiger partial charge in [-0.2, -0.15) is 0 Å². The number of hydrogen-bond donors (Lipinski definition) is 2. The summed E-state index contributed by atoms with van der Waals surface area (Å²) in [5.74, 6) is -3.13. The lowest BCUT2D eigenvalue weighted by atomic mass is 10.2. The van der Waals surface area contributed by atoms with Crippen molar-refractivity contribution in [1.29, 1.82) is 0 Å². The van der Waals surface area contributed by atoms with Crippen molar-refractivity contribution in [3.8, 4) is 12.3 Å². The molecule has 0 spiro atoms. The van der Waals surface area contributed by atoms with E-state index in [-0.39, 0.29) is 0 Å². The van der Waals surface area contributed by atoms with Crippen LogP contribution in [0, 0.1) is 18.3 Å². The molecule has 0 saturated heterocycles. The highest BCUT2D eigenvalue weighted by Crippen LogP contribution is 1.92. The van der Waals surface area contributed by atoms with Crippen molar-refractivity contribution < 1.29 is 19.8 Å². The number of carboxylic acid groups (broad SMARTS) is 2. The van der Waals surface area contributed by atoms with E-state index in [1.165, 1.54) is 0 Å². The van der Waals surface area contributed by atoms with Gasteiger partial charge in [-0.1, -0.05) is 5.92 Å². The molecule has 0 amide bonds. The van der Waals surface area contributed by atoms with E-state index in [1.54, 1.807) is 5.92 Å². The van der Waals surface area contributed by atoms with Crippen LogP contribution in [0.25, 0.3) is 0 Å². The smallest absolute Gasteiger partial charge is 0.330 e. The minimum absolute atomic E-state index is 1.51. The molecule has 0 saturated carbocycles. The van der Waals surface area contributed by atoms with Gasteiger partial charge in [0.2, 0.25) is 5.92 Å². The summed E-state index contributed by atoms with van der Waals surface area (Å²) in [6, 6.07) is 0. The van der Waals surface area contributed by atoms with E-state index in [1.807, 2.05) is 0 Å². The maximum absolute atomic E-state index is 9.85. The molecule has 0 rings (SSSR count). The molecule has 0 unspecified atom stereocenters. The lowest BCUT2D eigenvalue weighted by Crippen LogP contribution is -2.21. The Morgan fingerprint density at radius 3 is 1.67 bits per heavy atom. The zero-order valence-corrected chi connectivity index (χ0v) is 4.37. The van der Waals surface area contributed by atoms with Gasteiger partial charge < -0.3 is 10.2 Å². The van der Waals surface area contributed by atoms with Crippen LogP contribution in [0.5, 0.6) is 0 Å². The zero-order valence-electron chi connectivity index (χ0n) is 4.37. The van der Waals surface area contributed by atoms with E-state index < -0.39 is 17.9 Å². The molecule has 0 heterocycles. The molecule has 0 aromatic rings. The topological polar surface area (TPSA) is 74.6 Å². The highest BCUT2D eigenvalue weighted by molar-refractivity contribution is 5.96. The van der Waals surface area contributed by atoms with E-state index in [0.29, 0.717) is 0 Å². The number of rotatable bonds is 2. The van der Waals surface area contributed by atoms with Crippen LogP contribution >= 0.6 is 0 Å². The maximum atomic E-state index is 9.85. The summed E-state index contributed by atoms with van der Waals surface area (Å²) >= 11 is 0. The Bertz CT molecular complexity index is 162. The molecule has 0 aliphatic carbocycles. The lowest BCUT2D eigenvalue weighted by Gasteiger charge is -1.94. The van der Waals surface area contributed by atoms with E-state index in [2.05, 4.69) is 6.42 Å². The summed E-state index contributed by atoms with van der Waals surface area (Å²) in [4.78, 5) is 19.7. The van der Waals surface area contributed by atoms with Crippen LogP contribution in [0.2, 0.25) is 0 Å². The average Bonchev–Trinajstić information content (AvgIpc) is 1.64. The third kappa shape index (κ3) is 1.82. The Labute approximate surface area is 51.1 Å². The van der Waals surface area contributed by atoms with Gasteiger partial charge in [-0.3, -0.25) is 9.59 Å². The van der Waals surface area contributed by atoms with Gasteiger partial charge in [-0.15, -0.1) is 6.42 Å². The first-order valence-electron chi connectivity index (χ1n) is 2.01. The first-order chi connectivity index (χ1) is 4.09. The van der Waals surface area contributed by atoms with Crippen LogP contribution in [0.15, 0.2) is 0 Å². The van der Waals surface area contributed by atoms with Crippen LogP contribution in [0.3, 0.4) is 0 Å². The fourth-order valence-corrected chi connectivity index (χ4v) is 0.248. The van der Waals surface area contributed by atoms with E-state index in [4.69, 9.17) is 10.2 Å². The van der Waals surface area contributed by atoms with Gasteiger partial charge in [-0.25, -0.2) is 0 Å². The Balaban J connectivity index is 4.22. The van der Waals surface area contributed by atoms with Crippen molar-refractivity contribution in [2.24, 2.45) is 5.92 Å². The highest BCUT2D eigenvalue weighted by atomic mass is 16.4. The summed E-state index contributed by atoms with van der Waals surface area (Å²) in [7, 11) is 0. The van der Waals surface area contributed by atoms with Crippen molar-refractivity contribution in [3.05, 3.63) is 0 Å². The van der Waals surface area contributed by atoms with E-state index >= 15 is 0 Å². The zero-order chi connectivity index (χ0) is 7.44. The molecule has 2 N–H and O–H groups in total. The average molecular weight is 128 g/mol. The number of aliphatic carboxylic acids is 2. The summed E-state index contributed by atoms with van der Waals surface area (Å²) in [6.45, 7) is 0. The summed E-state index contributed by atoms with van der Waals surface area (Å²) in [5, 5.41) is 16.0. The fourth-order valence-electron chi connectivity index (χ4n) is 0.248. The summed E-state index contributed by atoms with van der Waals surface area (Å²) in [5.41, 5.74) is 0. The summed E-state index contributed by atoms with van der Waals surface area (Å²) in [6.07, 6.45) is 4.56. The molecule has 4 nitrogen and oxygen atoms in total. The van der Waals surface area contributed by atoms with Crippen molar-refractivity contribution in [2.45, 2.75) is 0 Å². The molecule has 4 heteroatoms. The molecule has 9 heavy (non-hydrogen) atoms. The first kappa shape index (κ1) is 7.50. The lowest BCUT2D eigenvalue weighted by molar-refractivity contribution is -0.151. The highest BCUT2D eigenvalue weighted by Gasteiger charge is 2.21. The molecular weight excluding hydrogens is 124 g/mol. The molecule has 0 aromatic heterocycles. The van der Waals surface area contributed by atoms with Gasteiger partial charge in [0.25, 0.3) is 0 Å². The first-order valence-corrected chi connectivity index (χ1v) is 2.01. The van der Waals surface area contributed by atoms with Gasteiger partial charge in [0.15, 0.2) is 0 Å². The Kier molecular flexibility index (Phi) is 2.27.